The first-order valence-electron chi connectivity index (χ1n) is 17.2. The van der Waals surface area contributed by atoms with E-state index in [1.54, 1.807) is 14.2 Å². The molecule has 1 saturated heterocycles. The van der Waals surface area contributed by atoms with Gasteiger partial charge in [-0.2, -0.15) is 0 Å². The van der Waals surface area contributed by atoms with E-state index in [2.05, 4.69) is 11.9 Å². The summed E-state index contributed by atoms with van der Waals surface area (Å²) in [5, 5.41) is 11.7. The van der Waals surface area contributed by atoms with E-state index >= 15 is 0 Å². The molecular weight excluding hydrogens is 624 g/mol. The van der Waals surface area contributed by atoms with Crippen molar-refractivity contribution >= 4 is 0 Å². The number of benzene rings is 3. The van der Waals surface area contributed by atoms with Crippen molar-refractivity contribution in [3.8, 4) is 11.5 Å². The molecule has 0 aliphatic carbocycles. The number of nitrogens with one attached hydrogen (secondary N) is 1. The highest BCUT2D eigenvalue weighted by Crippen LogP contribution is 2.43. The van der Waals surface area contributed by atoms with Crippen molar-refractivity contribution in [2.24, 2.45) is 0 Å². The average molecular weight is 673 g/mol. The first kappa shape index (κ1) is 36.1. The molecule has 49 heavy (non-hydrogen) atoms. The van der Waals surface area contributed by atoms with Crippen LogP contribution in [0.3, 0.4) is 0 Å². The number of ether oxygens (including phenoxy) is 5. The Morgan fingerprint density at radius 2 is 1.35 bits per heavy atom. The minimum absolute atomic E-state index is 0.0555. The molecule has 2 unspecified atom stereocenters. The maximum atomic E-state index is 12.9. The summed E-state index contributed by atoms with van der Waals surface area (Å²) in [5.74, 6) is 1.40. The highest BCUT2D eigenvalue weighted by molar-refractivity contribution is 5.49. The van der Waals surface area contributed by atoms with Crippen molar-refractivity contribution in [3.63, 3.8) is 0 Å². The van der Waals surface area contributed by atoms with E-state index in [4.69, 9.17) is 23.7 Å². The minimum Gasteiger partial charge on any atom is -0.497 e. The Hall–Kier alpha value is -4.22. The zero-order chi connectivity index (χ0) is 34.6. The quantitative estimate of drug-likeness (QED) is 0.0982. The molecule has 0 saturated carbocycles. The van der Waals surface area contributed by atoms with E-state index in [9.17, 15) is 14.7 Å². The van der Waals surface area contributed by atoms with E-state index in [1.807, 2.05) is 78.9 Å². The Labute approximate surface area is 287 Å². The number of hydrogen-bond acceptors (Lipinski definition) is 8. The molecule has 2 N–H and O–H groups in total. The molecule has 2 heterocycles. The van der Waals surface area contributed by atoms with Crippen molar-refractivity contribution < 1.29 is 28.8 Å². The number of aliphatic hydroxyl groups excluding tert-OH is 1. The van der Waals surface area contributed by atoms with Crippen LogP contribution in [0, 0.1) is 0 Å². The number of rotatable bonds is 18. The highest BCUT2D eigenvalue weighted by Gasteiger charge is 2.48. The predicted octanol–water partition coefficient (Wildman–Crippen LogP) is 5.96. The molecule has 1 aliphatic rings. The molecule has 0 bridgehead atoms. The minimum atomic E-state index is -1.13. The van der Waals surface area contributed by atoms with Crippen LogP contribution in [0.5, 0.6) is 11.5 Å². The zero-order valence-corrected chi connectivity index (χ0v) is 28.6. The molecule has 3 aromatic carbocycles. The smallest absolute Gasteiger partial charge is 0.330 e. The van der Waals surface area contributed by atoms with Crippen LogP contribution in [-0.2, 0) is 19.8 Å². The van der Waals surface area contributed by atoms with Gasteiger partial charge in [0, 0.05) is 18.9 Å². The molecule has 1 aromatic heterocycles. The molecule has 10 heteroatoms. The van der Waals surface area contributed by atoms with Gasteiger partial charge >= 0.3 is 5.69 Å². The number of aliphatic hydroxyl groups is 1. The van der Waals surface area contributed by atoms with Gasteiger partial charge in [0.05, 0.1) is 20.8 Å². The van der Waals surface area contributed by atoms with Gasteiger partial charge in [-0.3, -0.25) is 14.3 Å². The highest BCUT2D eigenvalue weighted by atomic mass is 16.6. The zero-order valence-electron chi connectivity index (χ0n) is 28.6. The van der Waals surface area contributed by atoms with E-state index in [1.165, 1.54) is 42.5 Å². The molecule has 10 nitrogen and oxygen atoms in total. The predicted molar refractivity (Wildman–Crippen MR) is 187 cm³/mol. The van der Waals surface area contributed by atoms with Crippen LogP contribution in [0.1, 0.15) is 74.8 Å². The van der Waals surface area contributed by atoms with Gasteiger partial charge < -0.3 is 28.8 Å². The standard InChI is InChI=1S/C39H48N2O8/c1-4-5-6-7-8-9-13-26-47-36-35(43)33(49-37(36)41-25-24-34(42)40-38(41)44)27-48-39(28-14-11-10-12-15-28,29-16-20-31(45-2)21-17-29)30-18-22-32(46-3)23-19-30/h10-12,14-25,33,35-37,43H,4-9,13,26-27H2,1-3H3,(H,40,42,44)/t33-,35?,36?,37-/m0/s1. The molecule has 0 radical (unpaired) electrons. The maximum absolute atomic E-state index is 12.9. The number of aromatic amines is 1. The van der Waals surface area contributed by atoms with Gasteiger partial charge in [-0.1, -0.05) is 100 Å². The summed E-state index contributed by atoms with van der Waals surface area (Å²) < 4.78 is 31.8. The number of unbranched alkanes of at least 4 members (excludes halogenated alkanes) is 6. The number of H-pyrrole nitrogens is 1. The summed E-state index contributed by atoms with van der Waals surface area (Å²) in [4.78, 5) is 27.1. The SMILES string of the molecule is CCCCCCCCCOC1C(O)[C@H](COC(c2ccccc2)(c2ccc(OC)cc2)c2ccc(OC)cc2)O[C@@H]1n1ccc(=O)[nH]c1=O. The average Bonchev–Trinajstić information content (AvgIpc) is 3.44. The summed E-state index contributed by atoms with van der Waals surface area (Å²) >= 11 is 0. The Bertz CT molecular complexity index is 1640. The van der Waals surface area contributed by atoms with Crippen LogP contribution >= 0.6 is 0 Å². The topological polar surface area (TPSA) is 121 Å². The van der Waals surface area contributed by atoms with Crippen molar-refractivity contribution in [3.05, 3.63) is 129 Å². The van der Waals surface area contributed by atoms with Gasteiger partial charge in [-0.05, 0) is 47.4 Å². The monoisotopic (exact) mass is 672 g/mol. The largest absolute Gasteiger partial charge is 0.497 e. The van der Waals surface area contributed by atoms with Crippen LogP contribution in [-0.4, -0.2) is 60.4 Å². The van der Waals surface area contributed by atoms with Crippen molar-refractivity contribution in [2.45, 2.75) is 82.0 Å². The molecule has 0 amide bonds. The lowest BCUT2D eigenvalue weighted by molar-refractivity contribution is -0.0982. The molecule has 4 atom stereocenters. The van der Waals surface area contributed by atoms with E-state index < -0.39 is 41.4 Å². The third-order valence-corrected chi connectivity index (χ3v) is 9.13. The van der Waals surface area contributed by atoms with Crippen molar-refractivity contribution in [1.29, 1.82) is 0 Å². The number of hydrogen-bond donors (Lipinski definition) is 2. The summed E-state index contributed by atoms with van der Waals surface area (Å²) in [6.45, 7) is 2.54. The maximum Gasteiger partial charge on any atom is 0.330 e. The lowest BCUT2D eigenvalue weighted by Gasteiger charge is -2.37. The second-order valence-corrected chi connectivity index (χ2v) is 12.3. The molecule has 1 aliphatic heterocycles. The number of nitrogens with zero attached hydrogens (tertiary/aromatic N) is 1. The lowest BCUT2D eigenvalue weighted by atomic mass is 9.80. The van der Waals surface area contributed by atoms with E-state index in [0.717, 1.165) is 36.0 Å². The fourth-order valence-corrected chi connectivity index (χ4v) is 6.45. The van der Waals surface area contributed by atoms with Crippen LogP contribution in [0.4, 0.5) is 0 Å². The fourth-order valence-electron chi connectivity index (χ4n) is 6.45. The van der Waals surface area contributed by atoms with Crippen molar-refractivity contribution in [1.82, 2.24) is 9.55 Å². The molecular formula is C39H48N2O8. The van der Waals surface area contributed by atoms with Gasteiger partial charge in [0.1, 0.15) is 35.4 Å². The van der Waals surface area contributed by atoms with Gasteiger partial charge in [0.15, 0.2) is 6.23 Å². The molecule has 4 aromatic rings. The van der Waals surface area contributed by atoms with Gasteiger partial charge in [0.2, 0.25) is 0 Å². The van der Waals surface area contributed by atoms with Crippen LogP contribution in [0.15, 0.2) is 101 Å². The van der Waals surface area contributed by atoms with Crippen molar-refractivity contribution in [2.75, 3.05) is 27.4 Å². The fraction of sp³-hybridized carbons (Fsp3) is 0.436. The van der Waals surface area contributed by atoms with Gasteiger partial charge in [0.25, 0.3) is 5.56 Å². The molecule has 262 valence electrons. The summed E-state index contributed by atoms with van der Waals surface area (Å²) in [7, 11) is 3.24. The normalized spacial score (nSPS) is 19.2. The number of methoxy groups -OCH3 is 2. The Balaban J connectivity index is 1.45. The second kappa shape index (κ2) is 17.4. The van der Waals surface area contributed by atoms with Crippen LogP contribution in [0.2, 0.25) is 0 Å². The summed E-state index contributed by atoms with van der Waals surface area (Å²) in [6.07, 6.45) is 5.30. The summed E-state index contributed by atoms with van der Waals surface area (Å²) in [6, 6.07) is 26.5. The van der Waals surface area contributed by atoms with Crippen LogP contribution < -0.4 is 20.7 Å². The van der Waals surface area contributed by atoms with Crippen LogP contribution in [0.25, 0.3) is 0 Å². The Morgan fingerprint density at radius 1 is 0.776 bits per heavy atom. The lowest BCUT2D eigenvalue weighted by Crippen LogP contribution is -2.41. The third kappa shape index (κ3) is 8.51. The van der Waals surface area contributed by atoms with Gasteiger partial charge in [-0.25, -0.2) is 4.79 Å². The second-order valence-electron chi connectivity index (χ2n) is 12.3. The first-order valence-corrected chi connectivity index (χ1v) is 17.2. The van der Waals surface area contributed by atoms with E-state index in [-0.39, 0.29) is 6.61 Å². The number of aromatic nitrogens is 2. The molecule has 1 fully saturated rings. The Morgan fingerprint density at radius 3 is 1.92 bits per heavy atom. The first-order chi connectivity index (χ1) is 23.9. The molecule has 0 spiro atoms. The summed E-state index contributed by atoms with van der Waals surface area (Å²) in [5.41, 5.74) is 0.217. The van der Waals surface area contributed by atoms with Gasteiger partial charge in [-0.15, -0.1) is 0 Å². The molecule has 5 rings (SSSR count). The Kier molecular flexibility index (Phi) is 12.8. The van der Waals surface area contributed by atoms with E-state index in [0.29, 0.717) is 18.1 Å². The third-order valence-electron chi connectivity index (χ3n) is 9.13.